The molecule has 0 aromatic heterocycles. The summed E-state index contributed by atoms with van der Waals surface area (Å²) in [5.41, 5.74) is -0.641. The minimum Gasteiger partial charge on any atom is -0.494 e. The molecule has 0 bridgehead atoms. The van der Waals surface area contributed by atoms with Gasteiger partial charge in [0.25, 0.3) is 0 Å². The first-order chi connectivity index (χ1) is 8.51. The molecule has 2 N–H and O–H groups in total. The van der Waals surface area contributed by atoms with E-state index in [1.165, 1.54) is 12.1 Å². The van der Waals surface area contributed by atoms with Gasteiger partial charge in [-0.25, -0.2) is 13.1 Å². The summed E-state index contributed by atoms with van der Waals surface area (Å²) in [4.78, 5) is 0.186. The van der Waals surface area contributed by atoms with Crippen LogP contribution in [0.15, 0.2) is 29.2 Å². The fourth-order valence-electron chi connectivity index (χ4n) is 1.67. The van der Waals surface area contributed by atoms with Crippen molar-refractivity contribution in [3.63, 3.8) is 0 Å². The maximum absolute atomic E-state index is 12.1. The smallest absolute Gasteiger partial charge is 0.241 e. The summed E-state index contributed by atoms with van der Waals surface area (Å²) >= 11 is 0. The molecule has 0 saturated heterocycles. The first-order valence-electron chi connectivity index (χ1n) is 5.89. The highest BCUT2D eigenvalue weighted by molar-refractivity contribution is 7.89. The van der Waals surface area contributed by atoms with Gasteiger partial charge in [0.1, 0.15) is 5.75 Å². The number of aliphatic hydroxyl groups is 1. The van der Waals surface area contributed by atoms with E-state index in [0.717, 1.165) is 0 Å². The zero-order chi connectivity index (χ0) is 13.2. The van der Waals surface area contributed by atoms with Crippen LogP contribution in [0.4, 0.5) is 0 Å². The highest BCUT2D eigenvalue weighted by Crippen LogP contribution is 2.36. The van der Waals surface area contributed by atoms with Gasteiger partial charge in [0.2, 0.25) is 10.0 Å². The van der Waals surface area contributed by atoms with E-state index >= 15 is 0 Å². The zero-order valence-corrected chi connectivity index (χ0v) is 11.0. The fraction of sp³-hybridized carbons (Fsp3) is 0.500. The molecule has 0 atom stereocenters. The van der Waals surface area contributed by atoms with Gasteiger partial charge in [0.05, 0.1) is 23.6 Å². The lowest BCUT2D eigenvalue weighted by Gasteiger charge is -2.14. The molecule has 0 radical (unpaired) electrons. The van der Waals surface area contributed by atoms with Gasteiger partial charge in [-0.05, 0) is 44.0 Å². The van der Waals surface area contributed by atoms with Gasteiger partial charge < -0.3 is 9.84 Å². The normalized spacial score (nSPS) is 17.4. The van der Waals surface area contributed by atoms with Crippen molar-refractivity contribution in [1.29, 1.82) is 0 Å². The SMILES string of the molecule is CCOc1ccc(S(=O)(=O)NC2(CO)CC2)cc1. The Morgan fingerprint density at radius 2 is 1.94 bits per heavy atom. The van der Waals surface area contributed by atoms with Crippen molar-refractivity contribution in [2.75, 3.05) is 13.2 Å². The van der Waals surface area contributed by atoms with Crippen molar-refractivity contribution in [2.45, 2.75) is 30.2 Å². The second-order valence-corrected chi connectivity index (χ2v) is 6.13. The lowest BCUT2D eigenvalue weighted by molar-refractivity contribution is 0.246. The number of nitrogens with one attached hydrogen (secondary N) is 1. The molecule has 0 heterocycles. The van der Waals surface area contributed by atoms with Crippen LogP contribution in [0, 0.1) is 0 Å². The molecular formula is C12H17NO4S. The Labute approximate surface area is 107 Å². The molecule has 0 aliphatic heterocycles. The van der Waals surface area contributed by atoms with Crippen LogP contribution in [-0.2, 0) is 10.0 Å². The van der Waals surface area contributed by atoms with Gasteiger partial charge in [0.15, 0.2) is 0 Å². The fourth-order valence-corrected chi connectivity index (χ4v) is 3.12. The van der Waals surface area contributed by atoms with Crippen LogP contribution < -0.4 is 9.46 Å². The molecule has 18 heavy (non-hydrogen) atoms. The van der Waals surface area contributed by atoms with Gasteiger partial charge in [-0.1, -0.05) is 0 Å². The van der Waals surface area contributed by atoms with Crippen molar-refractivity contribution in [1.82, 2.24) is 4.72 Å². The molecule has 5 nitrogen and oxygen atoms in total. The minimum atomic E-state index is -3.56. The average Bonchev–Trinajstić information content (AvgIpc) is 3.10. The van der Waals surface area contributed by atoms with Crippen molar-refractivity contribution < 1.29 is 18.3 Å². The molecule has 0 spiro atoms. The molecule has 2 rings (SSSR count). The van der Waals surface area contributed by atoms with E-state index in [4.69, 9.17) is 9.84 Å². The number of sulfonamides is 1. The van der Waals surface area contributed by atoms with E-state index in [1.54, 1.807) is 12.1 Å². The van der Waals surface area contributed by atoms with Crippen molar-refractivity contribution in [3.8, 4) is 5.75 Å². The van der Waals surface area contributed by atoms with Gasteiger partial charge in [0, 0.05) is 0 Å². The van der Waals surface area contributed by atoms with Crippen LogP contribution in [0.2, 0.25) is 0 Å². The molecule has 0 amide bonds. The lowest BCUT2D eigenvalue weighted by atomic mass is 10.3. The summed E-state index contributed by atoms with van der Waals surface area (Å²) in [7, 11) is -3.56. The topological polar surface area (TPSA) is 75.6 Å². The molecule has 1 fully saturated rings. The van der Waals surface area contributed by atoms with Gasteiger partial charge in [-0.3, -0.25) is 0 Å². The Kier molecular flexibility index (Phi) is 3.61. The standard InChI is InChI=1S/C12H17NO4S/c1-2-17-10-3-5-11(6-4-10)18(15,16)13-12(9-14)7-8-12/h3-6,13-14H,2,7-9H2,1H3. The molecule has 1 aromatic carbocycles. The number of hydrogen-bond donors (Lipinski definition) is 2. The number of ether oxygens (including phenoxy) is 1. The van der Waals surface area contributed by atoms with E-state index in [1.807, 2.05) is 6.92 Å². The molecule has 1 saturated carbocycles. The number of rotatable bonds is 6. The second kappa shape index (κ2) is 4.87. The Morgan fingerprint density at radius 3 is 2.39 bits per heavy atom. The molecule has 100 valence electrons. The summed E-state index contributed by atoms with van der Waals surface area (Å²) in [6, 6.07) is 6.24. The third kappa shape index (κ3) is 2.82. The summed E-state index contributed by atoms with van der Waals surface area (Å²) in [6.07, 6.45) is 1.36. The highest BCUT2D eigenvalue weighted by atomic mass is 32.2. The van der Waals surface area contributed by atoms with Crippen molar-refractivity contribution >= 4 is 10.0 Å². The molecule has 0 unspecified atom stereocenters. The van der Waals surface area contributed by atoms with Crippen LogP contribution in [-0.4, -0.2) is 32.3 Å². The molecule has 1 aliphatic rings. The van der Waals surface area contributed by atoms with Crippen LogP contribution in [0.1, 0.15) is 19.8 Å². The summed E-state index contributed by atoms with van der Waals surface area (Å²) in [5.74, 6) is 0.639. The van der Waals surface area contributed by atoms with E-state index in [9.17, 15) is 8.42 Å². The lowest BCUT2D eigenvalue weighted by Crippen LogP contribution is -2.39. The zero-order valence-electron chi connectivity index (χ0n) is 10.2. The van der Waals surface area contributed by atoms with E-state index < -0.39 is 15.6 Å². The molecule has 1 aliphatic carbocycles. The predicted molar refractivity (Wildman–Crippen MR) is 67.0 cm³/mol. The van der Waals surface area contributed by atoms with Gasteiger partial charge in [-0.15, -0.1) is 0 Å². The number of aliphatic hydroxyl groups excluding tert-OH is 1. The Balaban J connectivity index is 2.14. The molecule has 1 aromatic rings. The minimum absolute atomic E-state index is 0.163. The van der Waals surface area contributed by atoms with E-state index in [0.29, 0.717) is 25.2 Å². The van der Waals surface area contributed by atoms with Crippen LogP contribution >= 0.6 is 0 Å². The summed E-state index contributed by atoms with van der Waals surface area (Å²) in [6.45, 7) is 2.24. The monoisotopic (exact) mass is 271 g/mol. The highest BCUT2D eigenvalue weighted by Gasteiger charge is 2.45. The first-order valence-corrected chi connectivity index (χ1v) is 7.37. The average molecular weight is 271 g/mol. The quantitative estimate of drug-likeness (QED) is 0.805. The number of benzene rings is 1. The van der Waals surface area contributed by atoms with E-state index in [-0.39, 0.29) is 11.5 Å². The van der Waals surface area contributed by atoms with Crippen molar-refractivity contribution in [3.05, 3.63) is 24.3 Å². The van der Waals surface area contributed by atoms with Crippen LogP contribution in [0.5, 0.6) is 5.75 Å². The maximum Gasteiger partial charge on any atom is 0.241 e. The second-order valence-electron chi connectivity index (χ2n) is 4.45. The Hall–Kier alpha value is -1.11. The third-order valence-electron chi connectivity index (χ3n) is 2.95. The number of hydrogen-bond acceptors (Lipinski definition) is 4. The Bertz CT molecular complexity index is 505. The summed E-state index contributed by atoms with van der Waals surface area (Å²) in [5, 5.41) is 9.13. The molecular weight excluding hydrogens is 254 g/mol. The first kappa shape index (κ1) is 13.3. The third-order valence-corrected chi connectivity index (χ3v) is 4.55. The van der Waals surface area contributed by atoms with Crippen LogP contribution in [0.25, 0.3) is 0 Å². The predicted octanol–water partition coefficient (Wildman–Crippen LogP) is 0.888. The van der Waals surface area contributed by atoms with E-state index in [2.05, 4.69) is 4.72 Å². The largest absolute Gasteiger partial charge is 0.494 e. The Morgan fingerprint density at radius 1 is 1.33 bits per heavy atom. The molecule has 6 heteroatoms. The van der Waals surface area contributed by atoms with Gasteiger partial charge >= 0.3 is 0 Å². The van der Waals surface area contributed by atoms with Crippen LogP contribution in [0.3, 0.4) is 0 Å². The van der Waals surface area contributed by atoms with Crippen molar-refractivity contribution in [2.24, 2.45) is 0 Å². The summed E-state index contributed by atoms with van der Waals surface area (Å²) < 4.78 is 31.9. The maximum atomic E-state index is 12.1. The van der Waals surface area contributed by atoms with Gasteiger partial charge in [-0.2, -0.15) is 0 Å².